The number of rotatable bonds is 7. The molecule has 146 valence electrons. The molecule has 7 nitrogen and oxygen atoms in total. The summed E-state index contributed by atoms with van der Waals surface area (Å²) >= 11 is 1.31. The molecular weight excluding hydrogens is 374 g/mol. The summed E-state index contributed by atoms with van der Waals surface area (Å²) in [7, 11) is 0. The van der Waals surface area contributed by atoms with E-state index in [2.05, 4.69) is 26.9 Å². The lowest BCUT2D eigenvalue weighted by molar-refractivity contribution is -0.115. The molecule has 2 aromatic carbocycles. The third kappa shape index (κ3) is 4.69. The van der Waals surface area contributed by atoms with Crippen LogP contribution in [0.5, 0.6) is 5.75 Å². The van der Waals surface area contributed by atoms with Gasteiger partial charge in [-0.05, 0) is 74.0 Å². The first-order valence-electron chi connectivity index (χ1n) is 9.04. The first-order valence-corrected chi connectivity index (χ1v) is 9.92. The van der Waals surface area contributed by atoms with Crippen LogP contribution >= 0.6 is 11.8 Å². The molecule has 1 amide bonds. The van der Waals surface area contributed by atoms with Gasteiger partial charge in [-0.15, -0.1) is 5.10 Å². The fourth-order valence-electron chi connectivity index (χ4n) is 2.70. The van der Waals surface area contributed by atoms with E-state index < -0.39 is 0 Å². The van der Waals surface area contributed by atoms with Crippen molar-refractivity contribution in [1.29, 1.82) is 0 Å². The van der Waals surface area contributed by atoms with E-state index in [1.807, 2.05) is 64.1 Å². The van der Waals surface area contributed by atoms with Gasteiger partial charge in [0.05, 0.1) is 17.5 Å². The molecule has 0 bridgehead atoms. The smallest absolute Gasteiger partial charge is 0.237 e. The highest BCUT2D eigenvalue weighted by molar-refractivity contribution is 8.00. The number of nitrogens with zero attached hydrogens (tertiary/aromatic N) is 4. The van der Waals surface area contributed by atoms with Crippen LogP contribution in [0.2, 0.25) is 0 Å². The van der Waals surface area contributed by atoms with Crippen molar-refractivity contribution < 1.29 is 9.53 Å². The van der Waals surface area contributed by atoms with Crippen LogP contribution in [0.1, 0.15) is 25.0 Å². The molecule has 0 unspecified atom stereocenters. The second-order valence-corrected chi connectivity index (χ2v) is 7.68. The maximum Gasteiger partial charge on any atom is 0.237 e. The first-order chi connectivity index (χ1) is 13.5. The number of nitrogens with one attached hydrogen (secondary N) is 1. The van der Waals surface area contributed by atoms with Crippen LogP contribution in [0.15, 0.2) is 47.6 Å². The largest absolute Gasteiger partial charge is 0.494 e. The monoisotopic (exact) mass is 397 g/mol. The average molecular weight is 398 g/mol. The van der Waals surface area contributed by atoms with Gasteiger partial charge in [-0.2, -0.15) is 4.68 Å². The minimum absolute atomic E-state index is 0.121. The molecule has 28 heavy (non-hydrogen) atoms. The number of carbonyl (C=O) groups is 1. The number of benzene rings is 2. The summed E-state index contributed by atoms with van der Waals surface area (Å²) in [6, 6.07) is 13.4. The average Bonchev–Trinajstić information content (AvgIpc) is 3.11. The lowest BCUT2D eigenvalue weighted by atomic mass is 10.1. The van der Waals surface area contributed by atoms with Crippen molar-refractivity contribution in [3.63, 3.8) is 0 Å². The molecule has 1 aromatic heterocycles. The van der Waals surface area contributed by atoms with Gasteiger partial charge in [0, 0.05) is 5.69 Å². The van der Waals surface area contributed by atoms with Gasteiger partial charge >= 0.3 is 0 Å². The van der Waals surface area contributed by atoms with Crippen LogP contribution in [0.4, 0.5) is 5.69 Å². The van der Waals surface area contributed by atoms with Crippen molar-refractivity contribution in [2.75, 3.05) is 11.9 Å². The third-order valence-electron chi connectivity index (χ3n) is 4.11. The highest BCUT2D eigenvalue weighted by atomic mass is 32.2. The quantitative estimate of drug-likeness (QED) is 0.611. The molecule has 1 N–H and O–H groups in total. The Balaban J connectivity index is 1.68. The van der Waals surface area contributed by atoms with E-state index in [1.165, 1.54) is 17.3 Å². The van der Waals surface area contributed by atoms with Crippen molar-refractivity contribution in [3.8, 4) is 11.4 Å². The molecule has 0 aliphatic rings. The Bertz CT molecular complexity index is 955. The van der Waals surface area contributed by atoms with E-state index in [0.717, 1.165) is 22.7 Å². The molecule has 0 fully saturated rings. The number of ether oxygens (including phenoxy) is 1. The summed E-state index contributed by atoms with van der Waals surface area (Å²) in [6.07, 6.45) is 0. The molecular formula is C20H23N5O2S. The fourth-order valence-corrected chi connectivity index (χ4v) is 3.50. The molecule has 8 heteroatoms. The predicted molar refractivity (Wildman–Crippen MR) is 110 cm³/mol. The molecule has 1 heterocycles. The Morgan fingerprint density at radius 1 is 1.21 bits per heavy atom. The Morgan fingerprint density at radius 2 is 1.96 bits per heavy atom. The van der Waals surface area contributed by atoms with Gasteiger partial charge in [0.25, 0.3) is 0 Å². The van der Waals surface area contributed by atoms with E-state index in [9.17, 15) is 4.79 Å². The number of aromatic nitrogens is 4. The maximum atomic E-state index is 12.6. The van der Waals surface area contributed by atoms with E-state index in [1.54, 1.807) is 4.68 Å². The number of hydrogen-bond donors (Lipinski definition) is 1. The van der Waals surface area contributed by atoms with Gasteiger partial charge in [-0.3, -0.25) is 4.79 Å². The normalized spacial score (nSPS) is 11.9. The minimum Gasteiger partial charge on any atom is -0.494 e. The van der Waals surface area contributed by atoms with E-state index in [-0.39, 0.29) is 11.2 Å². The molecule has 1 atom stereocenters. The van der Waals surface area contributed by atoms with Crippen LogP contribution in [0.25, 0.3) is 5.69 Å². The summed E-state index contributed by atoms with van der Waals surface area (Å²) in [5.41, 5.74) is 3.86. The number of tetrazole rings is 1. The van der Waals surface area contributed by atoms with Gasteiger partial charge in [-0.25, -0.2) is 0 Å². The van der Waals surface area contributed by atoms with Crippen LogP contribution in [0.3, 0.4) is 0 Å². The van der Waals surface area contributed by atoms with Gasteiger partial charge in [0.15, 0.2) is 0 Å². The standard InChI is InChI=1S/C20H23N5O2S/c1-5-27-17-9-7-16(8-10-17)21-19(26)15(4)28-20-22-23-24-25(20)18-11-6-13(2)12-14(18)3/h6-12,15H,5H2,1-4H3,(H,21,26)/t15-/m1/s1. The molecule has 0 saturated carbocycles. The zero-order valence-electron chi connectivity index (χ0n) is 16.3. The summed E-state index contributed by atoms with van der Waals surface area (Å²) in [5.74, 6) is 0.653. The van der Waals surface area contributed by atoms with Crippen LogP contribution in [0, 0.1) is 13.8 Å². The number of aryl methyl sites for hydroxylation is 2. The van der Waals surface area contributed by atoms with Gasteiger partial charge in [0.1, 0.15) is 5.75 Å². The summed E-state index contributed by atoms with van der Waals surface area (Å²) in [5, 5.41) is 15.1. The van der Waals surface area contributed by atoms with Crippen molar-refractivity contribution in [3.05, 3.63) is 53.6 Å². The van der Waals surface area contributed by atoms with Gasteiger partial charge in [0.2, 0.25) is 11.1 Å². The summed E-state index contributed by atoms with van der Waals surface area (Å²) < 4.78 is 7.08. The van der Waals surface area contributed by atoms with E-state index >= 15 is 0 Å². The fraction of sp³-hybridized carbons (Fsp3) is 0.300. The molecule has 3 rings (SSSR count). The van der Waals surface area contributed by atoms with E-state index in [4.69, 9.17) is 4.74 Å². The lowest BCUT2D eigenvalue weighted by Crippen LogP contribution is -2.23. The topological polar surface area (TPSA) is 81.9 Å². The predicted octanol–water partition coefficient (Wildman–Crippen LogP) is 3.80. The molecule has 0 aliphatic carbocycles. The Kier molecular flexibility index (Phi) is 6.30. The van der Waals surface area contributed by atoms with Crippen LogP contribution in [-0.4, -0.2) is 38.0 Å². The third-order valence-corrected chi connectivity index (χ3v) is 5.14. The van der Waals surface area contributed by atoms with Gasteiger partial charge < -0.3 is 10.1 Å². The van der Waals surface area contributed by atoms with Crippen LogP contribution in [-0.2, 0) is 4.79 Å². The molecule has 0 aliphatic heterocycles. The molecule has 0 spiro atoms. The molecule has 3 aromatic rings. The van der Waals surface area contributed by atoms with Crippen molar-refractivity contribution >= 4 is 23.4 Å². The van der Waals surface area contributed by atoms with Crippen molar-refractivity contribution in [1.82, 2.24) is 20.2 Å². The van der Waals surface area contributed by atoms with E-state index in [0.29, 0.717) is 11.8 Å². The van der Waals surface area contributed by atoms with Gasteiger partial charge in [-0.1, -0.05) is 29.5 Å². The number of thioether (sulfide) groups is 1. The Hall–Kier alpha value is -2.87. The van der Waals surface area contributed by atoms with Crippen molar-refractivity contribution in [2.24, 2.45) is 0 Å². The maximum absolute atomic E-state index is 12.6. The lowest BCUT2D eigenvalue weighted by Gasteiger charge is -2.13. The molecule has 0 saturated heterocycles. The van der Waals surface area contributed by atoms with Crippen molar-refractivity contribution in [2.45, 2.75) is 38.1 Å². The second kappa shape index (κ2) is 8.88. The summed E-state index contributed by atoms with van der Waals surface area (Å²) in [4.78, 5) is 12.6. The number of hydrogen-bond acceptors (Lipinski definition) is 6. The first kappa shape index (κ1) is 19.9. The number of amides is 1. The Morgan fingerprint density at radius 3 is 2.64 bits per heavy atom. The zero-order valence-corrected chi connectivity index (χ0v) is 17.2. The minimum atomic E-state index is -0.373. The number of anilines is 1. The van der Waals surface area contributed by atoms with Crippen LogP contribution < -0.4 is 10.1 Å². The highest BCUT2D eigenvalue weighted by Gasteiger charge is 2.20. The number of carbonyl (C=O) groups excluding carboxylic acids is 1. The second-order valence-electron chi connectivity index (χ2n) is 6.37. The SMILES string of the molecule is CCOc1ccc(NC(=O)[C@@H](C)Sc2nnnn2-c2ccc(C)cc2C)cc1. The molecule has 0 radical (unpaired) electrons. The Labute approximate surface area is 168 Å². The highest BCUT2D eigenvalue weighted by Crippen LogP contribution is 2.26. The zero-order chi connectivity index (χ0) is 20.1. The summed E-state index contributed by atoms with van der Waals surface area (Å²) in [6.45, 7) is 8.42.